The molecule has 20 heavy (non-hydrogen) atoms. The number of hydrogen-bond acceptors (Lipinski definition) is 4. The number of nitrogens with zero attached hydrogens (tertiary/aromatic N) is 2. The van der Waals surface area contributed by atoms with E-state index in [0.717, 1.165) is 5.69 Å². The number of alkyl halides is 3. The fourth-order valence-corrected chi connectivity index (χ4v) is 1.53. The molecule has 0 aliphatic carbocycles. The van der Waals surface area contributed by atoms with Crippen LogP contribution in [0.15, 0.2) is 36.7 Å². The van der Waals surface area contributed by atoms with Gasteiger partial charge >= 0.3 is 6.36 Å². The van der Waals surface area contributed by atoms with Gasteiger partial charge in [-0.25, -0.2) is 4.98 Å². The number of halogens is 3. The Labute approximate surface area is 113 Å². The van der Waals surface area contributed by atoms with Crippen LogP contribution in [0.5, 0.6) is 5.75 Å². The second kappa shape index (κ2) is 5.77. The van der Waals surface area contributed by atoms with Crippen LogP contribution in [-0.4, -0.2) is 16.3 Å². The summed E-state index contributed by atoms with van der Waals surface area (Å²) in [6, 6.07) is 5.77. The molecule has 1 N–H and O–H groups in total. The number of nitrogens with one attached hydrogen (secondary N) is 1. The molecule has 0 amide bonds. The fraction of sp³-hybridized carbons (Fsp3) is 0.231. The lowest BCUT2D eigenvalue weighted by molar-refractivity contribution is -0.274. The van der Waals surface area contributed by atoms with Crippen molar-refractivity contribution in [2.45, 2.75) is 19.8 Å². The monoisotopic (exact) mass is 283 g/mol. The van der Waals surface area contributed by atoms with Crippen LogP contribution in [-0.2, 0) is 6.54 Å². The molecule has 0 aliphatic heterocycles. The van der Waals surface area contributed by atoms with Gasteiger partial charge in [-0.05, 0) is 24.6 Å². The van der Waals surface area contributed by atoms with Gasteiger partial charge in [0, 0.05) is 6.54 Å². The van der Waals surface area contributed by atoms with E-state index in [1.807, 2.05) is 6.92 Å². The summed E-state index contributed by atoms with van der Waals surface area (Å²) in [4.78, 5) is 8.15. The molecule has 106 valence electrons. The number of benzene rings is 1. The van der Waals surface area contributed by atoms with Crippen molar-refractivity contribution in [2.75, 3.05) is 5.32 Å². The predicted octanol–water partition coefficient (Wildman–Crippen LogP) is 3.30. The Morgan fingerprint density at radius 3 is 2.65 bits per heavy atom. The van der Waals surface area contributed by atoms with Gasteiger partial charge in [0.25, 0.3) is 0 Å². The Morgan fingerprint density at radius 2 is 2.00 bits per heavy atom. The van der Waals surface area contributed by atoms with E-state index in [1.165, 1.54) is 18.2 Å². The van der Waals surface area contributed by atoms with Gasteiger partial charge in [0.1, 0.15) is 11.6 Å². The molecule has 0 saturated heterocycles. The maximum absolute atomic E-state index is 12.1. The smallest absolute Gasteiger partial charge is 0.406 e. The van der Waals surface area contributed by atoms with Crippen LogP contribution in [0.25, 0.3) is 0 Å². The maximum Gasteiger partial charge on any atom is 0.573 e. The van der Waals surface area contributed by atoms with Gasteiger partial charge in [-0.3, -0.25) is 4.98 Å². The molecule has 1 aromatic carbocycles. The van der Waals surface area contributed by atoms with Crippen LogP contribution in [0.1, 0.15) is 11.3 Å². The molecule has 0 bridgehead atoms. The van der Waals surface area contributed by atoms with Crippen LogP contribution in [0, 0.1) is 6.92 Å². The summed E-state index contributed by atoms with van der Waals surface area (Å²) < 4.78 is 40.2. The molecule has 0 fully saturated rings. The minimum atomic E-state index is -4.69. The van der Waals surface area contributed by atoms with Gasteiger partial charge in [0.05, 0.1) is 18.1 Å². The summed E-state index contributed by atoms with van der Waals surface area (Å²) in [5.74, 6) is 0.310. The summed E-state index contributed by atoms with van der Waals surface area (Å²) in [6.07, 6.45) is -1.52. The Hall–Kier alpha value is -2.31. The van der Waals surface area contributed by atoms with Gasteiger partial charge in [-0.1, -0.05) is 12.1 Å². The zero-order chi connectivity index (χ0) is 14.6. The van der Waals surface area contributed by atoms with Gasteiger partial charge < -0.3 is 10.1 Å². The second-order valence-electron chi connectivity index (χ2n) is 4.09. The average molecular weight is 283 g/mol. The average Bonchev–Trinajstić information content (AvgIpc) is 2.36. The zero-order valence-corrected chi connectivity index (χ0v) is 10.6. The highest BCUT2D eigenvalue weighted by molar-refractivity contribution is 5.35. The molecule has 0 radical (unpaired) electrons. The maximum atomic E-state index is 12.1. The molecule has 0 spiro atoms. The van der Waals surface area contributed by atoms with Gasteiger partial charge in [0.15, 0.2) is 0 Å². The first-order valence-electron chi connectivity index (χ1n) is 5.79. The molecule has 4 nitrogen and oxygen atoms in total. The van der Waals surface area contributed by atoms with Gasteiger partial charge in [-0.2, -0.15) is 0 Å². The Bertz CT molecular complexity index is 570. The highest BCUT2D eigenvalue weighted by atomic mass is 19.4. The van der Waals surface area contributed by atoms with Crippen molar-refractivity contribution < 1.29 is 17.9 Å². The van der Waals surface area contributed by atoms with Crippen molar-refractivity contribution in [3.8, 4) is 5.75 Å². The second-order valence-corrected chi connectivity index (χ2v) is 4.09. The molecular weight excluding hydrogens is 271 g/mol. The molecule has 0 aliphatic rings. The summed E-state index contributed by atoms with van der Waals surface area (Å²) in [5, 5.41) is 2.97. The number of rotatable bonds is 4. The van der Waals surface area contributed by atoms with E-state index in [2.05, 4.69) is 20.0 Å². The van der Waals surface area contributed by atoms with E-state index in [-0.39, 0.29) is 5.75 Å². The van der Waals surface area contributed by atoms with Crippen LogP contribution >= 0.6 is 0 Å². The first kappa shape index (κ1) is 14.1. The first-order valence-corrected chi connectivity index (χ1v) is 5.79. The van der Waals surface area contributed by atoms with E-state index in [9.17, 15) is 13.2 Å². The molecule has 1 heterocycles. The first-order chi connectivity index (χ1) is 9.42. The van der Waals surface area contributed by atoms with E-state index >= 15 is 0 Å². The molecule has 2 rings (SSSR count). The highest BCUT2D eigenvalue weighted by Gasteiger charge is 2.31. The third-order valence-electron chi connectivity index (χ3n) is 2.39. The normalized spacial score (nSPS) is 11.2. The summed E-state index contributed by atoms with van der Waals surface area (Å²) >= 11 is 0. The van der Waals surface area contributed by atoms with E-state index in [4.69, 9.17) is 0 Å². The summed E-state index contributed by atoms with van der Waals surface area (Å²) in [7, 11) is 0. The molecule has 0 saturated carbocycles. The number of ether oxygens (including phenoxy) is 1. The predicted molar refractivity (Wildman–Crippen MR) is 67.2 cm³/mol. The minimum Gasteiger partial charge on any atom is -0.406 e. The lowest BCUT2D eigenvalue weighted by atomic mass is 10.2. The van der Waals surface area contributed by atoms with Crippen molar-refractivity contribution in [3.63, 3.8) is 0 Å². The molecule has 2 aromatic rings. The van der Waals surface area contributed by atoms with E-state index in [1.54, 1.807) is 18.5 Å². The number of anilines is 1. The highest BCUT2D eigenvalue weighted by Crippen LogP contribution is 2.23. The Morgan fingerprint density at radius 1 is 1.20 bits per heavy atom. The van der Waals surface area contributed by atoms with Crippen molar-refractivity contribution in [1.29, 1.82) is 0 Å². The summed E-state index contributed by atoms with van der Waals surface area (Å²) in [6.45, 7) is 2.14. The van der Waals surface area contributed by atoms with Crippen LogP contribution in [0.4, 0.5) is 19.0 Å². The number of hydrogen-bond donors (Lipinski definition) is 1. The zero-order valence-electron chi connectivity index (χ0n) is 10.6. The quantitative estimate of drug-likeness (QED) is 0.935. The molecule has 1 aromatic heterocycles. The Kier molecular flexibility index (Phi) is 4.07. The van der Waals surface area contributed by atoms with Crippen molar-refractivity contribution in [3.05, 3.63) is 47.9 Å². The SMILES string of the molecule is Cc1cnc(NCc2cccc(OC(F)(F)F)c2)cn1. The minimum absolute atomic E-state index is 0.244. The lowest BCUT2D eigenvalue weighted by Gasteiger charge is -2.10. The standard InChI is InChI=1S/C13H12F3N3O/c1-9-6-18-12(8-17-9)19-7-10-3-2-4-11(5-10)20-13(14,15)16/h2-6,8H,7H2,1H3,(H,18,19). The largest absolute Gasteiger partial charge is 0.573 e. The van der Waals surface area contributed by atoms with Crippen LogP contribution in [0.3, 0.4) is 0 Å². The number of aromatic nitrogens is 2. The van der Waals surface area contributed by atoms with Crippen molar-refractivity contribution in [2.24, 2.45) is 0 Å². The third-order valence-corrected chi connectivity index (χ3v) is 2.39. The summed E-state index contributed by atoms with van der Waals surface area (Å²) in [5.41, 5.74) is 1.44. The van der Waals surface area contributed by atoms with Crippen molar-refractivity contribution >= 4 is 5.82 Å². The van der Waals surface area contributed by atoms with E-state index in [0.29, 0.717) is 17.9 Å². The topological polar surface area (TPSA) is 47.0 Å². The lowest BCUT2D eigenvalue weighted by Crippen LogP contribution is -2.17. The number of aryl methyl sites for hydroxylation is 1. The van der Waals surface area contributed by atoms with Gasteiger partial charge in [0.2, 0.25) is 0 Å². The van der Waals surface area contributed by atoms with Crippen LogP contribution in [0.2, 0.25) is 0 Å². The molecule has 0 atom stereocenters. The molecule has 0 unspecified atom stereocenters. The fourth-order valence-electron chi connectivity index (χ4n) is 1.53. The van der Waals surface area contributed by atoms with Crippen molar-refractivity contribution in [1.82, 2.24) is 9.97 Å². The van der Waals surface area contributed by atoms with Gasteiger partial charge in [-0.15, -0.1) is 13.2 Å². The Balaban J connectivity index is 1.99. The molecule has 7 heteroatoms. The molecular formula is C13H12F3N3O. The third kappa shape index (κ3) is 4.42. The van der Waals surface area contributed by atoms with Crippen LogP contribution < -0.4 is 10.1 Å². The van der Waals surface area contributed by atoms with E-state index < -0.39 is 6.36 Å².